The summed E-state index contributed by atoms with van der Waals surface area (Å²) in [4.78, 5) is 14.1. The number of halogens is 4. The second-order valence-electron chi connectivity index (χ2n) is 6.06. The van der Waals surface area contributed by atoms with Gasteiger partial charge in [-0.25, -0.2) is 8.78 Å². The van der Waals surface area contributed by atoms with Gasteiger partial charge in [-0.2, -0.15) is 0 Å². The van der Waals surface area contributed by atoms with E-state index in [4.69, 9.17) is 23.2 Å². The van der Waals surface area contributed by atoms with Crippen LogP contribution in [0.25, 0.3) is 0 Å². The fourth-order valence-electron chi connectivity index (χ4n) is 2.39. The first-order chi connectivity index (χ1) is 12.2. The van der Waals surface area contributed by atoms with E-state index in [1.165, 1.54) is 12.1 Å². The molecule has 0 fully saturated rings. The minimum absolute atomic E-state index is 0.0697. The Balaban J connectivity index is 2.07. The summed E-state index contributed by atoms with van der Waals surface area (Å²) in [5.74, 6) is -2.52. The molecule has 1 amide bonds. The van der Waals surface area contributed by atoms with Gasteiger partial charge in [0.2, 0.25) is 0 Å². The van der Waals surface area contributed by atoms with E-state index >= 15 is 0 Å². The summed E-state index contributed by atoms with van der Waals surface area (Å²) in [6.45, 7) is 0.231. The Morgan fingerprint density at radius 2 is 1.81 bits per heavy atom. The minimum atomic E-state index is -0.989. The van der Waals surface area contributed by atoms with Gasteiger partial charge in [0.05, 0.1) is 0 Å². The van der Waals surface area contributed by atoms with Crippen LogP contribution in [0.2, 0.25) is 10.0 Å². The zero-order valence-corrected chi connectivity index (χ0v) is 15.7. The highest BCUT2D eigenvalue weighted by atomic mass is 35.5. The van der Waals surface area contributed by atoms with E-state index in [1.54, 1.807) is 6.07 Å². The Morgan fingerprint density at radius 3 is 2.35 bits per heavy atom. The van der Waals surface area contributed by atoms with Crippen LogP contribution < -0.4 is 5.32 Å². The monoisotopic (exact) mass is 402 g/mol. The molecular weight excluding hydrogens is 385 g/mol. The average Bonchev–Trinajstić information content (AvgIpc) is 2.57. The fraction of sp³-hybridized carbons (Fsp3) is 0.278. The van der Waals surface area contributed by atoms with Gasteiger partial charge in [0.15, 0.2) is 0 Å². The summed E-state index contributed by atoms with van der Waals surface area (Å²) in [6.07, 6.45) is 0.510. The lowest BCUT2D eigenvalue weighted by Crippen LogP contribution is -2.41. The van der Waals surface area contributed by atoms with Crippen molar-refractivity contribution in [3.8, 4) is 5.75 Å². The number of hydrogen-bond acceptors (Lipinski definition) is 3. The lowest BCUT2D eigenvalue weighted by atomic mass is 10.0. The minimum Gasteiger partial charge on any atom is -0.508 e. The van der Waals surface area contributed by atoms with Crippen LogP contribution >= 0.6 is 23.2 Å². The van der Waals surface area contributed by atoms with Gasteiger partial charge in [-0.1, -0.05) is 29.3 Å². The molecule has 0 heterocycles. The van der Waals surface area contributed by atoms with Crippen molar-refractivity contribution < 1.29 is 18.7 Å². The van der Waals surface area contributed by atoms with E-state index < -0.39 is 22.6 Å². The molecule has 0 saturated heterocycles. The molecule has 0 aliphatic carbocycles. The maximum Gasteiger partial charge on any atom is 0.251 e. The number of likely N-dealkylation sites (N-methyl/N-ethyl adjacent to an activating group) is 1. The fourth-order valence-corrected chi connectivity index (χ4v) is 2.75. The van der Waals surface area contributed by atoms with Crippen molar-refractivity contribution >= 4 is 29.1 Å². The van der Waals surface area contributed by atoms with Gasteiger partial charge in [-0.05, 0) is 50.3 Å². The van der Waals surface area contributed by atoms with Crippen molar-refractivity contribution in [1.29, 1.82) is 0 Å². The number of nitrogens with zero attached hydrogens (tertiary/aromatic N) is 1. The molecule has 2 rings (SSSR count). The van der Waals surface area contributed by atoms with Crippen molar-refractivity contribution in [2.75, 3.05) is 20.6 Å². The molecule has 26 heavy (non-hydrogen) atoms. The predicted octanol–water partition coefficient (Wildman–Crippen LogP) is 3.88. The molecule has 140 valence electrons. The van der Waals surface area contributed by atoms with Crippen molar-refractivity contribution in [2.45, 2.75) is 12.5 Å². The van der Waals surface area contributed by atoms with Crippen LogP contribution in [0, 0.1) is 11.6 Å². The molecule has 0 saturated carbocycles. The Kier molecular flexibility index (Phi) is 6.81. The van der Waals surface area contributed by atoms with Crippen molar-refractivity contribution in [3.05, 3.63) is 63.1 Å². The Hall–Kier alpha value is -1.89. The summed E-state index contributed by atoms with van der Waals surface area (Å²) < 4.78 is 27.0. The first-order valence-electron chi connectivity index (χ1n) is 7.75. The molecule has 2 aromatic rings. The van der Waals surface area contributed by atoms with Gasteiger partial charge in [-0.15, -0.1) is 0 Å². The quantitative estimate of drug-likeness (QED) is 0.720. The standard InChI is InChI=1S/C18H18Cl2F2N2O2/c1-24(2)12(5-10-3-4-13(25)8-14(10)19)9-23-18(26)11-6-15(21)17(20)16(22)7-11/h3-4,6-8,12,25H,5,9H2,1-2H3,(H,23,26). The van der Waals surface area contributed by atoms with Crippen LogP contribution in [0.4, 0.5) is 8.78 Å². The number of nitrogens with one attached hydrogen (secondary N) is 1. The first-order valence-corrected chi connectivity index (χ1v) is 8.51. The van der Waals surface area contributed by atoms with Crippen LogP contribution in [0.15, 0.2) is 30.3 Å². The summed E-state index contributed by atoms with van der Waals surface area (Å²) in [5, 5.41) is 11.9. The van der Waals surface area contributed by atoms with Crippen molar-refractivity contribution in [3.63, 3.8) is 0 Å². The summed E-state index contributed by atoms with van der Waals surface area (Å²) in [7, 11) is 3.68. The topological polar surface area (TPSA) is 52.6 Å². The number of carbonyl (C=O) groups excluding carboxylic acids is 1. The Labute approximate surface area is 160 Å². The Morgan fingerprint density at radius 1 is 1.19 bits per heavy atom. The number of aromatic hydroxyl groups is 1. The van der Waals surface area contributed by atoms with Gasteiger partial charge >= 0.3 is 0 Å². The summed E-state index contributed by atoms with van der Waals surface area (Å²) >= 11 is 11.5. The number of phenolic OH excluding ortho intramolecular Hbond substituents is 1. The summed E-state index contributed by atoms with van der Waals surface area (Å²) in [6, 6.07) is 6.35. The normalized spacial score (nSPS) is 12.3. The van der Waals surface area contributed by atoms with Crippen LogP contribution in [0.1, 0.15) is 15.9 Å². The van der Waals surface area contributed by atoms with E-state index in [2.05, 4.69) is 5.32 Å². The van der Waals surface area contributed by atoms with Gasteiger partial charge in [0.25, 0.3) is 5.91 Å². The van der Waals surface area contributed by atoms with Crippen molar-refractivity contribution in [2.24, 2.45) is 0 Å². The van der Waals surface area contributed by atoms with E-state index in [-0.39, 0.29) is 23.9 Å². The second-order valence-corrected chi connectivity index (χ2v) is 6.85. The molecule has 8 heteroatoms. The predicted molar refractivity (Wildman–Crippen MR) is 98.0 cm³/mol. The third kappa shape index (κ3) is 5.06. The maximum absolute atomic E-state index is 13.5. The van der Waals surface area contributed by atoms with Crippen molar-refractivity contribution in [1.82, 2.24) is 10.2 Å². The van der Waals surface area contributed by atoms with Crippen LogP contribution in [0.3, 0.4) is 0 Å². The molecule has 0 spiro atoms. The SMILES string of the molecule is CN(C)C(CNC(=O)c1cc(F)c(Cl)c(F)c1)Cc1ccc(O)cc1Cl. The molecule has 1 unspecified atom stereocenters. The largest absolute Gasteiger partial charge is 0.508 e. The maximum atomic E-state index is 13.5. The lowest BCUT2D eigenvalue weighted by molar-refractivity contribution is 0.0940. The first kappa shape index (κ1) is 20.4. The zero-order chi connectivity index (χ0) is 19.4. The van der Waals surface area contributed by atoms with Crippen LogP contribution in [-0.2, 0) is 6.42 Å². The van der Waals surface area contributed by atoms with E-state index in [1.807, 2.05) is 19.0 Å². The molecule has 4 nitrogen and oxygen atoms in total. The molecule has 0 aliphatic heterocycles. The lowest BCUT2D eigenvalue weighted by Gasteiger charge is -2.25. The number of amides is 1. The van der Waals surface area contributed by atoms with E-state index in [0.29, 0.717) is 11.4 Å². The number of phenols is 1. The molecule has 2 N–H and O–H groups in total. The van der Waals surface area contributed by atoms with Gasteiger partial charge in [-0.3, -0.25) is 4.79 Å². The number of hydrogen-bond donors (Lipinski definition) is 2. The van der Waals surface area contributed by atoms with Gasteiger partial charge in [0, 0.05) is 23.2 Å². The molecule has 0 aliphatic rings. The molecule has 2 aromatic carbocycles. The highest BCUT2D eigenvalue weighted by Gasteiger charge is 2.18. The molecule has 0 radical (unpaired) electrons. The molecule has 0 bridgehead atoms. The third-order valence-corrected chi connectivity index (χ3v) is 4.68. The molecule has 0 aromatic heterocycles. The van der Waals surface area contributed by atoms with Crippen LogP contribution in [0.5, 0.6) is 5.75 Å². The molecular formula is C18H18Cl2F2N2O2. The van der Waals surface area contributed by atoms with Gasteiger partial charge < -0.3 is 15.3 Å². The average molecular weight is 403 g/mol. The second kappa shape index (κ2) is 8.66. The highest BCUT2D eigenvalue weighted by Crippen LogP contribution is 2.23. The zero-order valence-electron chi connectivity index (χ0n) is 14.2. The van der Waals surface area contributed by atoms with Gasteiger partial charge in [0.1, 0.15) is 22.4 Å². The smallest absolute Gasteiger partial charge is 0.251 e. The van der Waals surface area contributed by atoms with E-state index in [9.17, 15) is 18.7 Å². The van der Waals surface area contributed by atoms with Crippen LogP contribution in [-0.4, -0.2) is 42.6 Å². The summed E-state index contributed by atoms with van der Waals surface area (Å²) in [5.41, 5.74) is 0.658. The third-order valence-electron chi connectivity index (χ3n) is 3.97. The number of rotatable bonds is 6. The number of benzene rings is 2. The highest BCUT2D eigenvalue weighted by molar-refractivity contribution is 6.31. The molecule has 1 atom stereocenters. The Bertz CT molecular complexity index is 793. The number of carbonyl (C=O) groups is 1. The van der Waals surface area contributed by atoms with E-state index in [0.717, 1.165) is 17.7 Å².